The number of rotatable bonds is 4. The van der Waals surface area contributed by atoms with Crippen molar-refractivity contribution in [3.8, 4) is 0 Å². The maximum atomic E-state index is 12.5. The van der Waals surface area contributed by atoms with Gasteiger partial charge in [0.05, 0.1) is 29.5 Å². The molecule has 3 rings (SSSR count). The van der Waals surface area contributed by atoms with E-state index in [4.69, 9.17) is 0 Å². The Labute approximate surface area is 136 Å². The monoisotopic (exact) mass is 308 g/mol. The number of hydrogen-bond acceptors (Lipinski definition) is 4. The second-order valence-corrected chi connectivity index (χ2v) is 5.55. The van der Waals surface area contributed by atoms with Gasteiger partial charge in [0.15, 0.2) is 0 Å². The number of aromatic nitrogens is 2. The van der Waals surface area contributed by atoms with E-state index in [1.807, 2.05) is 24.3 Å². The third-order valence-electron chi connectivity index (χ3n) is 3.94. The van der Waals surface area contributed by atoms with Crippen molar-refractivity contribution in [3.63, 3.8) is 0 Å². The molecule has 2 aromatic rings. The quantitative estimate of drug-likeness (QED) is 0.941. The van der Waals surface area contributed by atoms with E-state index in [9.17, 15) is 4.79 Å². The van der Waals surface area contributed by atoms with Crippen molar-refractivity contribution in [2.45, 2.75) is 19.3 Å². The highest BCUT2D eigenvalue weighted by atomic mass is 16.1. The van der Waals surface area contributed by atoms with Gasteiger partial charge in [-0.2, -0.15) is 0 Å². The van der Waals surface area contributed by atoms with Crippen LogP contribution in [0.5, 0.6) is 0 Å². The third-order valence-corrected chi connectivity index (χ3v) is 3.94. The second-order valence-electron chi connectivity index (χ2n) is 5.55. The Morgan fingerprint density at radius 2 is 1.96 bits per heavy atom. The normalized spacial score (nSPS) is 14.3. The van der Waals surface area contributed by atoms with Crippen LogP contribution in [0, 0.1) is 0 Å². The summed E-state index contributed by atoms with van der Waals surface area (Å²) in [6.45, 7) is 5.70. The molecule has 118 valence electrons. The standard InChI is InChI=1S/C18H20N4O/c1-2-14-12-19-13-16(20-14)18(23)21-15-8-4-5-9-17(15)22-10-6-3-7-11-22/h2,4-5,8-9,12-13H,1,3,6-7,10-11H2,(H,21,23). The topological polar surface area (TPSA) is 58.1 Å². The van der Waals surface area contributed by atoms with E-state index < -0.39 is 0 Å². The largest absolute Gasteiger partial charge is 0.370 e. The maximum absolute atomic E-state index is 12.5. The van der Waals surface area contributed by atoms with E-state index in [1.165, 1.54) is 25.5 Å². The van der Waals surface area contributed by atoms with E-state index >= 15 is 0 Å². The third kappa shape index (κ3) is 3.56. The number of amides is 1. The molecule has 0 spiro atoms. The van der Waals surface area contributed by atoms with Crippen molar-refractivity contribution >= 4 is 23.4 Å². The summed E-state index contributed by atoms with van der Waals surface area (Å²) in [5.41, 5.74) is 2.75. The molecule has 0 saturated carbocycles. The minimum absolute atomic E-state index is 0.259. The van der Waals surface area contributed by atoms with Gasteiger partial charge in [0.2, 0.25) is 0 Å². The zero-order chi connectivity index (χ0) is 16.1. The van der Waals surface area contributed by atoms with E-state index in [2.05, 4.69) is 26.8 Å². The first-order chi connectivity index (χ1) is 11.3. The van der Waals surface area contributed by atoms with Crippen molar-refractivity contribution in [1.29, 1.82) is 0 Å². The first kappa shape index (κ1) is 15.2. The lowest BCUT2D eigenvalue weighted by molar-refractivity contribution is 0.102. The molecular formula is C18H20N4O. The Morgan fingerprint density at radius 1 is 1.17 bits per heavy atom. The molecule has 0 aliphatic carbocycles. The number of anilines is 2. The molecule has 1 aliphatic heterocycles. The summed E-state index contributed by atoms with van der Waals surface area (Å²) in [4.78, 5) is 23.0. The molecule has 1 fully saturated rings. The van der Waals surface area contributed by atoms with Crippen LogP contribution in [0.25, 0.3) is 6.08 Å². The van der Waals surface area contributed by atoms with Crippen molar-refractivity contribution in [3.05, 3.63) is 54.6 Å². The van der Waals surface area contributed by atoms with Gasteiger partial charge in [0.25, 0.3) is 5.91 Å². The Hall–Kier alpha value is -2.69. The molecule has 1 saturated heterocycles. The predicted octanol–water partition coefficient (Wildman–Crippen LogP) is 3.36. The molecule has 2 heterocycles. The van der Waals surface area contributed by atoms with Crippen LogP contribution in [-0.2, 0) is 0 Å². The summed E-state index contributed by atoms with van der Waals surface area (Å²) in [6, 6.07) is 7.89. The number of nitrogens with zero attached hydrogens (tertiary/aromatic N) is 3. The molecule has 0 unspecified atom stereocenters. The van der Waals surface area contributed by atoms with Gasteiger partial charge in [-0.3, -0.25) is 9.78 Å². The van der Waals surface area contributed by atoms with Gasteiger partial charge >= 0.3 is 0 Å². The summed E-state index contributed by atoms with van der Waals surface area (Å²) < 4.78 is 0. The van der Waals surface area contributed by atoms with Crippen LogP contribution < -0.4 is 10.2 Å². The molecule has 0 bridgehead atoms. The molecule has 5 heteroatoms. The zero-order valence-electron chi connectivity index (χ0n) is 13.0. The molecule has 23 heavy (non-hydrogen) atoms. The van der Waals surface area contributed by atoms with Crippen LogP contribution >= 0.6 is 0 Å². The van der Waals surface area contributed by atoms with Gasteiger partial charge in [-0.15, -0.1) is 0 Å². The van der Waals surface area contributed by atoms with Gasteiger partial charge in [0, 0.05) is 13.1 Å². The zero-order valence-corrected chi connectivity index (χ0v) is 13.0. The lowest BCUT2D eigenvalue weighted by Gasteiger charge is -2.30. The first-order valence-electron chi connectivity index (χ1n) is 7.88. The van der Waals surface area contributed by atoms with Crippen LogP contribution in [0.1, 0.15) is 35.4 Å². The van der Waals surface area contributed by atoms with Gasteiger partial charge in [-0.1, -0.05) is 18.7 Å². The van der Waals surface area contributed by atoms with Gasteiger partial charge < -0.3 is 10.2 Å². The lowest BCUT2D eigenvalue weighted by atomic mass is 10.1. The van der Waals surface area contributed by atoms with E-state index in [0.717, 1.165) is 24.5 Å². The van der Waals surface area contributed by atoms with E-state index in [1.54, 1.807) is 12.3 Å². The average molecular weight is 308 g/mol. The fraction of sp³-hybridized carbons (Fsp3) is 0.278. The van der Waals surface area contributed by atoms with Crippen LogP contribution in [0.2, 0.25) is 0 Å². The fourth-order valence-electron chi connectivity index (χ4n) is 2.77. The molecule has 1 aromatic heterocycles. The SMILES string of the molecule is C=Cc1cncc(C(=O)Nc2ccccc2N2CCCCC2)n1. The molecule has 5 nitrogen and oxygen atoms in total. The van der Waals surface area contributed by atoms with Crippen LogP contribution in [0.4, 0.5) is 11.4 Å². The Morgan fingerprint density at radius 3 is 2.74 bits per heavy atom. The predicted molar refractivity (Wildman–Crippen MR) is 92.6 cm³/mol. The summed E-state index contributed by atoms with van der Waals surface area (Å²) in [5, 5.41) is 2.96. The smallest absolute Gasteiger partial charge is 0.275 e. The number of benzene rings is 1. The Bertz CT molecular complexity index is 708. The van der Waals surface area contributed by atoms with Gasteiger partial charge in [0.1, 0.15) is 5.69 Å². The summed E-state index contributed by atoms with van der Waals surface area (Å²) in [7, 11) is 0. The van der Waals surface area contributed by atoms with Crippen molar-refractivity contribution in [2.24, 2.45) is 0 Å². The summed E-state index contributed by atoms with van der Waals surface area (Å²) >= 11 is 0. The van der Waals surface area contributed by atoms with Gasteiger partial charge in [-0.05, 0) is 37.5 Å². The maximum Gasteiger partial charge on any atom is 0.275 e. The lowest BCUT2D eigenvalue weighted by Crippen LogP contribution is -2.30. The molecule has 0 atom stereocenters. The summed E-state index contributed by atoms with van der Waals surface area (Å²) in [6.07, 6.45) is 8.27. The molecular weight excluding hydrogens is 288 g/mol. The van der Waals surface area contributed by atoms with Crippen LogP contribution in [0.15, 0.2) is 43.2 Å². The highest BCUT2D eigenvalue weighted by molar-refractivity contribution is 6.04. The molecule has 0 radical (unpaired) electrons. The van der Waals surface area contributed by atoms with Crippen molar-refractivity contribution < 1.29 is 4.79 Å². The number of nitrogens with one attached hydrogen (secondary N) is 1. The molecule has 1 amide bonds. The molecule has 1 N–H and O–H groups in total. The average Bonchev–Trinajstić information content (AvgIpc) is 2.63. The fourth-order valence-corrected chi connectivity index (χ4v) is 2.77. The van der Waals surface area contributed by atoms with Gasteiger partial charge in [-0.25, -0.2) is 4.98 Å². The highest BCUT2D eigenvalue weighted by Crippen LogP contribution is 2.28. The van der Waals surface area contributed by atoms with Crippen molar-refractivity contribution in [1.82, 2.24) is 9.97 Å². The number of hydrogen-bond donors (Lipinski definition) is 1. The van der Waals surface area contributed by atoms with E-state index in [-0.39, 0.29) is 11.6 Å². The first-order valence-corrected chi connectivity index (χ1v) is 7.88. The molecule has 1 aromatic carbocycles. The van der Waals surface area contributed by atoms with Crippen LogP contribution in [0.3, 0.4) is 0 Å². The molecule has 1 aliphatic rings. The number of para-hydroxylation sites is 2. The Balaban J connectivity index is 1.81. The number of carbonyl (C=O) groups is 1. The summed E-state index contributed by atoms with van der Waals surface area (Å²) in [5.74, 6) is -0.259. The van der Waals surface area contributed by atoms with Crippen LogP contribution in [-0.4, -0.2) is 29.0 Å². The minimum Gasteiger partial charge on any atom is -0.370 e. The van der Waals surface area contributed by atoms with E-state index in [0.29, 0.717) is 5.69 Å². The van der Waals surface area contributed by atoms with Crippen molar-refractivity contribution in [2.75, 3.05) is 23.3 Å². The number of carbonyl (C=O) groups excluding carboxylic acids is 1. The Kier molecular flexibility index (Phi) is 4.66. The highest BCUT2D eigenvalue weighted by Gasteiger charge is 2.16. The number of piperidine rings is 1. The second kappa shape index (κ2) is 7.05. The minimum atomic E-state index is -0.259.